The van der Waals surface area contributed by atoms with E-state index < -0.39 is 0 Å². The molecule has 8 heteroatoms. The summed E-state index contributed by atoms with van der Waals surface area (Å²) in [4.78, 5) is 30.6. The Morgan fingerprint density at radius 2 is 1.87 bits per heavy atom. The van der Waals surface area contributed by atoms with Crippen LogP contribution in [0, 0.1) is 0 Å². The number of benzene rings is 1. The normalized spacial score (nSPS) is 14.6. The zero-order valence-corrected chi connectivity index (χ0v) is 17.6. The molecular weight excluding hydrogens is 408 g/mol. The summed E-state index contributed by atoms with van der Waals surface area (Å²) in [5.41, 5.74) is 9.31. The van der Waals surface area contributed by atoms with Gasteiger partial charge in [0.15, 0.2) is 11.5 Å². The van der Waals surface area contributed by atoms with Crippen LogP contribution in [0.5, 0.6) is 0 Å². The van der Waals surface area contributed by atoms with E-state index in [2.05, 4.69) is 4.98 Å². The van der Waals surface area contributed by atoms with Crippen molar-refractivity contribution in [2.45, 2.75) is 19.3 Å². The van der Waals surface area contributed by atoms with Crippen LogP contribution in [0.3, 0.4) is 0 Å². The van der Waals surface area contributed by atoms with Crippen molar-refractivity contribution < 1.29 is 4.79 Å². The molecule has 1 aliphatic rings. The maximum Gasteiger partial charge on any atom is 0.266 e. The number of para-hydroxylation sites is 1. The first kappa shape index (κ1) is 18.3. The molecule has 1 aliphatic heterocycles. The smallest absolute Gasteiger partial charge is 0.266 e. The van der Waals surface area contributed by atoms with Gasteiger partial charge in [-0.15, -0.1) is 11.3 Å². The standard InChI is InChI=1S/C23H20N6OS/c24-18-17-21-25-10-13-29(21)20(16-9-8-14-6-2-3-7-15(14)26-16)27-22(17)31-19(18)23(30)28-11-4-1-5-12-28/h2-3,6-10,13H,1,4-5,11-12,24H2. The van der Waals surface area contributed by atoms with Crippen molar-refractivity contribution in [2.24, 2.45) is 0 Å². The fourth-order valence-electron chi connectivity index (χ4n) is 4.31. The molecule has 1 amide bonds. The highest BCUT2D eigenvalue weighted by Crippen LogP contribution is 2.37. The zero-order valence-electron chi connectivity index (χ0n) is 16.8. The first-order valence-corrected chi connectivity index (χ1v) is 11.2. The molecule has 2 N–H and O–H groups in total. The van der Waals surface area contributed by atoms with Crippen LogP contribution in [0.1, 0.15) is 28.9 Å². The predicted octanol–water partition coefficient (Wildman–Crippen LogP) is 4.37. The molecule has 1 saturated heterocycles. The van der Waals surface area contributed by atoms with Gasteiger partial charge in [-0.2, -0.15) is 0 Å². The quantitative estimate of drug-likeness (QED) is 0.451. The minimum absolute atomic E-state index is 0.00436. The van der Waals surface area contributed by atoms with Crippen LogP contribution in [-0.2, 0) is 0 Å². The molecule has 0 atom stereocenters. The molecule has 4 aromatic heterocycles. The lowest BCUT2D eigenvalue weighted by Crippen LogP contribution is -2.35. The predicted molar refractivity (Wildman–Crippen MR) is 123 cm³/mol. The summed E-state index contributed by atoms with van der Waals surface area (Å²) in [6, 6.07) is 12.0. The number of anilines is 1. The second-order valence-electron chi connectivity index (χ2n) is 7.82. The molecule has 154 valence electrons. The van der Waals surface area contributed by atoms with Gasteiger partial charge in [0, 0.05) is 30.9 Å². The number of thiophene rings is 1. The molecule has 31 heavy (non-hydrogen) atoms. The summed E-state index contributed by atoms with van der Waals surface area (Å²) in [5, 5.41) is 1.81. The fourth-order valence-corrected chi connectivity index (χ4v) is 5.36. The number of hydrogen-bond donors (Lipinski definition) is 1. The number of imidazole rings is 1. The number of nitrogen functional groups attached to an aromatic ring is 1. The molecule has 0 radical (unpaired) electrons. The summed E-state index contributed by atoms with van der Waals surface area (Å²) in [5.74, 6) is 0.680. The molecule has 5 aromatic rings. The van der Waals surface area contributed by atoms with Crippen LogP contribution >= 0.6 is 11.3 Å². The van der Waals surface area contributed by atoms with Crippen molar-refractivity contribution >= 4 is 49.7 Å². The van der Waals surface area contributed by atoms with Gasteiger partial charge < -0.3 is 10.6 Å². The van der Waals surface area contributed by atoms with Gasteiger partial charge in [-0.1, -0.05) is 24.3 Å². The number of likely N-dealkylation sites (tertiary alicyclic amines) is 1. The number of carbonyl (C=O) groups excluding carboxylic acids is 1. The van der Waals surface area contributed by atoms with Crippen LogP contribution in [-0.4, -0.2) is 43.2 Å². The van der Waals surface area contributed by atoms with E-state index >= 15 is 0 Å². The van der Waals surface area contributed by atoms with Crippen LogP contribution < -0.4 is 5.73 Å². The molecule has 5 heterocycles. The Kier molecular flexibility index (Phi) is 4.14. The van der Waals surface area contributed by atoms with Crippen molar-refractivity contribution in [1.82, 2.24) is 24.3 Å². The van der Waals surface area contributed by atoms with E-state index in [1.54, 1.807) is 6.20 Å². The SMILES string of the molecule is Nc1c(C(=O)N2CCCCC2)sc2nc(-c3ccc4ccccc4n3)n3ccnc3c12. The molecule has 7 nitrogen and oxygen atoms in total. The van der Waals surface area contributed by atoms with Gasteiger partial charge in [-0.05, 0) is 31.4 Å². The number of hydrogen-bond acceptors (Lipinski definition) is 6. The van der Waals surface area contributed by atoms with E-state index in [1.165, 1.54) is 17.8 Å². The molecule has 0 aliphatic carbocycles. The number of piperidine rings is 1. The molecule has 0 bridgehead atoms. The Labute approximate surface area is 182 Å². The van der Waals surface area contributed by atoms with Gasteiger partial charge in [0.2, 0.25) is 0 Å². The van der Waals surface area contributed by atoms with Crippen molar-refractivity contribution in [3.05, 3.63) is 53.7 Å². The summed E-state index contributed by atoms with van der Waals surface area (Å²) in [7, 11) is 0. The number of pyridine rings is 1. The van der Waals surface area contributed by atoms with Gasteiger partial charge >= 0.3 is 0 Å². The van der Waals surface area contributed by atoms with Crippen molar-refractivity contribution in [3.63, 3.8) is 0 Å². The number of nitrogens with two attached hydrogens (primary N) is 1. The highest BCUT2D eigenvalue weighted by atomic mass is 32.1. The summed E-state index contributed by atoms with van der Waals surface area (Å²) in [6.45, 7) is 1.57. The number of fused-ring (bicyclic) bond motifs is 4. The second kappa shape index (κ2) is 7.02. The van der Waals surface area contributed by atoms with Crippen molar-refractivity contribution in [1.29, 1.82) is 0 Å². The van der Waals surface area contributed by atoms with Crippen LogP contribution in [0.2, 0.25) is 0 Å². The van der Waals surface area contributed by atoms with Crippen LogP contribution in [0.15, 0.2) is 48.8 Å². The lowest BCUT2D eigenvalue weighted by molar-refractivity contribution is 0.0730. The zero-order chi connectivity index (χ0) is 20.9. The number of amides is 1. The Bertz CT molecular complexity index is 1460. The lowest BCUT2D eigenvalue weighted by Gasteiger charge is -2.26. The van der Waals surface area contributed by atoms with E-state index in [0.29, 0.717) is 26.9 Å². The number of aromatic nitrogens is 4. The summed E-state index contributed by atoms with van der Waals surface area (Å²) < 4.78 is 1.90. The first-order chi connectivity index (χ1) is 15.2. The summed E-state index contributed by atoms with van der Waals surface area (Å²) in [6.07, 6.45) is 6.83. The minimum atomic E-state index is -0.00436. The lowest BCUT2D eigenvalue weighted by atomic mass is 10.1. The minimum Gasteiger partial charge on any atom is -0.397 e. The molecule has 1 fully saturated rings. The number of rotatable bonds is 2. The Hall–Kier alpha value is -3.52. The van der Waals surface area contributed by atoms with E-state index in [9.17, 15) is 4.79 Å². The van der Waals surface area contributed by atoms with Gasteiger partial charge in [0.25, 0.3) is 5.91 Å². The third-order valence-corrected chi connectivity index (χ3v) is 6.98. The molecule has 0 saturated carbocycles. The summed E-state index contributed by atoms with van der Waals surface area (Å²) >= 11 is 1.35. The van der Waals surface area contributed by atoms with Crippen molar-refractivity contribution in [2.75, 3.05) is 18.8 Å². The fraction of sp³-hybridized carbons (Fsp3) is 0.217. The highest BCUT2D eigenvalue weighted by molar-refractivity contribution is 7.21. The third-order valence-electron chi connectivity index (χ3n) is 5.89. The van der Waals surface area contributed by atoms with Gasteiger partial charge in [-0.25, -0.2) is 15.0 Å². The van der Waals surface area contributed by atoms with E-state index in [0.717, 1.165) is 47.9 Å². The maximum absolute atomic E-state index is 13.2. The van der Waals surface area contributed by atoms with E-state index in [1.807, 2.05) is 51.9 Å². The molecule has 1 aromatic carbocycles. The average molecular weight is 429 g/mol. The molecule has 0 spiro atoms. The number of carbonyl (C=O) groups is 1. The second-order valence-corrected chi connectivity index (χ2v) is 8.82. The van der Waals surface area contributed by atoms with Crippen LogP contribution in [0.4, 0.5) is 5.69 Å². The first-order valence-electron chi connectivity index (χ1n) is 10.4. The van der Waals surface area contributed by atoms with E-state index in [4.69, 9.17) is 15.7 Å². The van der Waals surface area contributed by atoms with E-state index in [-0.39, 0.29) is 5.91 Å². The highest BCUT2D eigenvalue weighted by Gasteiger charge is 2.26. The Balaban J connectivity index is 1.54. The average Bonchev–Trinajstić information content (AvgIpc) is 3.43. The molecule has 0 unspecified atom stereocenters. The maximum atomic E-state index is 13.2. The van der Waals surface area contributed by atoms with Crippen molar-refractivity contribution in [3.8, 4) is 11.5 Å². The topological polar surface area (TPSA) is 89.4 Å². The van der Waals surface area contributed by atoms with Crippen LogP contribution in [0.25, 0.3) is 38.3 Å². The van der Waals surface area contributed by atoms with Gasteiger partial charge in [0.05, 0.1) is 16.6 Å². The Morgan fingerprint density at radius 1 is 1.03 bits per heavy atom. The Morgan fingerprint density at radius 3 is 2.74 bits per heavy atom. The van der Waals surface area contributed by atoms with Gasteiger partial charge in [-0.3, -0.25) is 9.20 Å². The monoisotopic (exact) mass is 428 g/mol. The largest absolute Gasteiger partial charge is 0.397 e. The molecular formula is C23H20N6OS. The number of nitrogens with zero attached hydrogens (tertiary/aromatic N) is 5. The third kappa shape index (κ3) is 2.86. The molecule has 6 rings (SSSR count). The van der Waals surface area contributed by atoms with Gasteiger partial charge in [0.1, 0.15) is 15.4 Å².